The number of carbonyl (C=O) groups excluding carboxylic acids is 2. The van der Waals surface area contributed by atoms with Gasteiger partial charge in [-0.15, -0.1) is 22.7 Å². The number of esters is 1. The molecule has 0 atom stereocenters. The lowest BCUT2D eigenvalue weighted by atomic mass is 10.7. The number of ether oxygens (including phenoxy) is 1. The summed E-state index contributed by atoms with van der Waals surface area (Å²) < 4.78 is 4.70. The quantitative estimate of drug-likeness (QED) is 0.863. The van der Waals surface area contributed by atoms with E-state index in [1.54, 1.807) is 30.1 Å². The van der Waals surface area contributed by atoms with Crippen molar-refractivity contribution in [2.24, 2.45) is 5.73 Å². The minimum atomic E-state index is -0.458. The van der Waals surface area contributed by atoms with Gasteiger partial charge in [-0.05, 0) is 6.92 Å². The molecule has 0 aliphatic rings. The summed E-state index contributed by atoms with van der Waals surface area (Å²) in [6.07, 6.45) is 3.13. The predicted molar refractivity (Wildman–Crippen MR) is 68.7 cm³/mol. The first kappa shape index (κ1) is 14.3. The van der Waals surface area contributed by atoms with Crippen LogP contribution in [0.3, 0.4) is 0 Å². The number of thiazole rings is 2. The van der Waals surface area contributed by atoms with Crippen molar-refractivity contribution in [1.29, 1.82) is 0 Å². The highest BCUT2D eigenvalue weighted by molar-refractivity contribution is 7.11. The van der Waals surface area contributed by atoms with Crippen molar-refractivity contribution in [3.05, 3.63) is 33.2 Å². The van der Waals surface area contributed by atoms with Gasteiger partial charge in [0.2, 0.25) is 5.01 Å². The SMILES string of the molecule is CCOC(=O)c1nccs1.NC(=O)c1nccs1. The van der Waals surface area contributed by atoms with E-state index in [1.165, 1.54) is 22.7 Å². The van der Waals surface area contributed by atoms with E-state index in [-0.39, 0.29) is 5.97 Å². The summed E-state index contributed by atoms with van der Waals surface area (Å²) in [4.78, 5) is 28.5. The Hall–Kier alpha value is -1.80. The molecule has 1 amide bonds. The van der Waals surface area contributed by atoms with Gasteiger partial charge in [0.25, 0.3) is 5.91 Å². The molecule has 2 rings (SSSR count). The molecule has 0 aliphatic carbocycles. The van der Waals surface area contributed by atoms with Crippen LogP contribution in [0.15, 0.2) is 23.2 Å². The maximum absolute atomic E-state index is 10.8. The van der Waals surface area contributed by atoms with Crippen LogP contribution in [0.5, 0.6) is 0 Å². The Morgan fingerprint density at radius 1 is 1.22 bits per heavy atom. The third-order valence-electron chi connectivity index (χ3n) is 1.53. The number of hydrogen-bond donors (Lipinski definition) is 1. The van der Waals surface area contributed by atoms with Crippen molar-refractivity contribution in [2.75, 3.05) is 6.61 Å². The molecule has 6 nitrogen and oxygen atoms in total. The number of aromatic nitrogens is 2. The molecule has 96 valence electrons. The summed E-state index contributed by atoms with van der Waals surface area (Å²) in [7, 11) is 0. The van der Waals surface area contributed by atoms with E-state index in [4.69, 9.17) is 10.5 Å². The van der Waals surface area contributed by atoms with Crippen LogP contribution in [0.2, 0.25) is 0 Å². The maximum Gasteiger partial charge on any atom is 0.367 e. The Morgan fingerprint density at radius 2 is 1.78 bits per heavy atom. The topological polar surface area (TPSA) is 95.2 Å². The fourth-order valence-corrected chi connectivity index (χ4v) is 1.88. The molecular weight excluding hydrogens is 274 g/mol. The van der Waals surface area contributed by atoms with Gasteiger partial charge in [-0.2, -0.15) is 0 Å². The lowest BCUT2D eigenvalue weighted by molar-refractivity contribution is 0.0526. The van der Waals surface area contributed by atoms with E-state index in [9.17, 15) is 9.59 Å². The number of nitrogens with two attached hydrogens (primary N) is 1. The first-order valence-corrected chi connectivity index (χ1v) is 6.67. The molecule has 2 N–H and O–H groups in total. The highest BCUT2D eigenvalue weighted by atomic mass is 32.1. The molecule has 0 saturated carbocycles. The van der Waals surface area contributed by atoms with Crippen LogP contribution >= 0.6 is 22.7 Å². The number of rotatable bonds is 3. The van der Waals surface area contributed by atoms with Crippen molar-refractivity contribution in [3.63, 3.8) is 0 Å². The van der Waals surface area contributed by atoms with E-state index >= 15 is 0 Å². The Morgan fingerprint density at radius 3 is 2.11 bits per heavy atom. The minimum Gasteiger partial charge on any atom is -0.461 e. The first-order valence-electron chi connectivity index (χ1n) is 4.91. The van der Waals surface area contributed by atoms with Gasteiger partial charge in [-0.1, -0.05) is 0 Å². The summed E-state index contributed by atoms with van der Waals surface area (Å²) in [6.45, 7) is 2.17. The van der Waals surface area contributed by atoms with Gasteiger partial charge in [-0.25, -0.2) is 14.8 Å². The molecule has 8 heteroatoms. The summed E-state index contributed by atoms with van der Waals surface area (Å²) in [5.41, 5.74) is 4.87. The molecule has 2 heterocycles. The number of primary amides is 1. The molecule has 18 heavy (non-hydrogen) atoms. The fraction of sp³-hybridized carbons (Fsp3) is 0.200. The number of amides is 1. The van der Waals surface area contributed by atoms with Gasteiger partial charge >= 0.3 is 5.97 Å². The van der Waals surface area contributed by atoms with Crippen LogP contribution in [0.4, 0.5) is 0 Å². The highest BCUT2D eigenvalue weighted by Gasteiger charge is 2.07. The molecule has 0 radical (unpaired) electrons. The van der Waals surface area contributed by atoms with E-state index in [2.05, 4.69) is 9.97 Å². The zero-order chi connectivity index (χ0) is 13.4. The fourth-order valence-electron chi connectivity index (χ4n) is 0.862. The Kier molecular flexibility index (Phi) is 5.95. The summed E-state index contributed by atoms with van der Waals surface area (Å²) in [6, 6.07) is 0. The number of nitrogens with zero attached hydrogens (tertiary/aromatic N) is 2. The largest absolute Gasteiger partial charge is 0.461 e. The Labute approximate surface area is 111 Å². The average Bonchev–Trinajstić information content (AvgIpc) is 3.04. The molecule has 0 saturated heterocycles. The molecular formula is C10H11N3O3S2. The van der Waals surface area contributed by atoms with Crippen LogP contribution in [0, 0.1) is 0 Å². The van der Waals surface area contributed by atoms with E-state index in [0.29, 0.717) is 16.6 Å². The van der Waals surface area contributed by atoms with Crippen LogP contribution < -0.4 is 5.73 Å². The van der Waals surface area contributed by atoms with Crippen molar-refractivity contribution in [2.45, 2.75) is 6.92 Å². The third kappa shape index (κ3) is 4.60. The first-order chi connectivity index (χ1) is 8.65. The molecule has 0 aromatic carbocycles. The lowest BCUT2D eigenvalue weighted by Crippen LogP contribution is -2.09. The standard InChI is InChI=1S/C6H7NO2S.C4H4N2OS/c1-2-9-6(8)5-7-3-4-10-5;5-3(7)4-6-1-2-8-4/h3-4H,2H2,1H3;1-2H,(H2,5,7). The van der Waals surface area contributed by atoms with Crippen LogP contribution in [-0.4, -0.2) is 28.5 Å². The second-order valence-electron chi connectivity index (χ2n) is 2.76. The highest BCUT2D eigenvalue weighted by Crippen LogP contribution is 2.04. The third-order valence-corrected chi connectivity index (χ3v) is 3.07. The monoisotopic (exact) mass is 285 g/mol. The summed E-state index contributed by atoms with van der Waals surface area (Å²) in [5, 5.41) is 4.23. The molecule has 0 aliphatic heterocycles. The molecule has 0 fully saturated rings. The normalized spacial score (nSPS) is 9.17. The van der Waals surface area contributed by atoms with Crippen LogP contribution in [-0.2, 0) is 4.74 Å². The summed E-state index contributed by atoms with van der Waals surface area (Å²) >= 11 is 2.53. The van der Waals surface area contributed by atoms with Gasteiger partial charge in [-0.3, -0.25) is 4.79 Å². The van der Waals surface area contributed by atoms with Gasteiger partial charge in [0.1, 0.15) is 0 Å². The van der Waals surface area contributed by atoms with Gasteiger partial charge < -0.3 is 10.5 Å². The summed E-state index contributed by atoms with van der Waals surface area (Å²) in [5.74, 6) is -0.794. The van der Waals surface area contributed by atoms with Crippen molar-refractivity contribution in [1.82, 2.24) is 9.97 Å². The van der Waals surface area contributed by atoms with Gasteiger partial charge in [0, 0.05) is 23.2 Å². The van der Waals surface area contributed by atoms with Crippen molar-refractivity contribution >= 4 is 34.6 Å². The van der Waals surface area contributed by atoms with E-state index in [0.717, 1.165) is 0 Å². The lowest BCUT2D eigenvalue weighted by Gasteiger charge is -1.94. The number of hydrogen-bond acceptors (Lipinski definition) is 7. The number of carbonyl (C=O) groups is 2. The molecule has 0 unspecified atom stereocenters. The zero-order valence-corrected chi connectivity index (χ0v) is 11.2. The van der Waals surface area contributed by atoms with Gasteiger partial charge in [0.05, 0.1) is 6.61 Å². The van der Waals surface area contributed by atoms with Crippen molar-refractivity contribution in [3.8, 4) is 0 Å². The maximum atomic E-state index is 10.8. The molecule has 2 aromatic heterocycles. The minimum absolute atomic E-state index is 0.336. The van der Waals surface area contributed by atoms with E-state index in [1.807, 2.05) is 0 Å². The second-order valence-corrected chi connectivity index (χ2v) is 4.55. The smallest absolute Gasteiger partial charge is 0.367 e. The van der Waals surface area contributed by atoms with Gasteiger partial charge in [0.15, 0.2) is 5.01 Å². The predicted octanol–water partition coefficient (Wildman–Crippen LogP) is 1.56. The average molecular weight is 285 g/mol. The zero-order valence-electron chi connectivity index (χ0n) is 9.53. The van der Waals surface area contributed by atoms with Crippen LogP contribution in [0.1, 0.15) is 26.5 Å². The molecule has 0 bridgehead atoms. The molecule has 2 aromatic rings. The second kappa shape index (κ2) is 7.51. The Balaban J connectivity index is 0.000000184. The van der Waals surface area contributed by atoms with Crippen molar-refractivity contribution < 1.29 is 14.3 Å². The molecule has 0 spiro atoms. The van der Waals surface area contributed by atoms with Crippen LogP contribution in [0.25, 0.3) is 0 Å². The van der Waals surface area contributed by atoms with E-state index < -0.39 is 5.91 Å². The Bertz CT molecular complexity index is 482.